The van der Waals surface area contributed by atoms with E-state index in [1.807, 2.05) is 66.7 Å². The number of amides is 2. The number of aromatic nitrogens is 2. The zero-order chi connectivity index (χ0) is 23.9. The number of nitrogens with one attached hydrogen (secondary N) is 2. The van der Waals surface area contributed by atoms with Crippen LogP contribution in [0.15, 0.2) is 85.1 Å². The molecule has 1 heterocycles. The minimum atomic E-state index is -1.50. The molecule has 1 aromatic heterocycles. The summed E-state index contributed by atoms with van der Waals surface area (Å²) in [6, 6.07) is 23.1. The lowest BCUT2D eigenvalue weighted by molar-refractivity contribution is -0.127. The molecule has 0 spiro atoms. The van der Waals surface area contributed by atoms with Crippen molar-refractivity contribution >= 4 is 28.7 Å². The number of fused-ring (bicyclic) bond motifs is 1. The number of aliphatic hydroxyl groups is 1. The molecule has 0 aliphatic carbocycles. The van der Waals surface area contributed by atoms with Gasteiger partial charge in [-0.2, -0.15) is 0 Å². The van der Waals surface area contributed by atoms with Crippen LogP contribution in [0.3, 0.4) is 0 Å². The molecule has 3 aromatic carbocycles. The Bertz CT molecular complexity index is 1280. The zero-order valence-corrected chi connectivity index (χ0v) is 18.4. The number of carbonyl (C=O) groups is 2. The number of nitrogens with two attached hydrogens (primary N) is 1. The Labute approximate surface area is 196 Å². The van der Waals surface area contributed by atoms with Gasteiger partial charge in [-0.05, 0) is 41.8 Å². The van der Waals surface area contributed by atoms with Gasteiger partial charge in [-0.1, -0.05) is 54.6 Å². The molecule has 0 saturated heterocycles. The fraction of sp³-hybridized carbons (Fsp3) is 0.154. The Hall–Kier alpha value is -4.30. The summed E-state index contributed by atoms with van der Waals surface area (Å²) in [4.78, 5) is 33.3. The Morgan fingerprint density at radius 2 is 1.56 bits per heavy atom. The van der Waals surface area contributed by atoms with Crippen LogP contribution in [0.2, 0.25) is 0 Å². The van der Waals surface area contributed by atoms with Crippen molar-refractivity contribution in [3.05, 3.63) is 102 Å². The number of anilines is 1. The SMILES string of the molecule is NC(=O)[C@@H](O)C(Cc1ccccc1)NC(=O)c1ccc(CNc2cnc3ccccc3n2)cc1. The lowest BCUT2D eigenvalue weighted by atomic mass is 10.00. The quantitative estimate of drug-likeness (QED) is 0.307. The van der Waals surface area contributed by atoms with Crippen LogP contribution in [0, 0.1) is 0 Å². The van der Waals surface area contributed by atoms with Gasteiger partial charge in [0.05, 0.1) is 23.3 Å². The summed E-state index contributed by atoms with van der Waals surface area (Å²) in [6.07, 6.45) is 0.447. The third-order valence-electron chi connectivity index (χ3n) is 5.43. The highest BCUT2D eigenvalue weighted by Crippen LogP contribution is 2.13. The number of rotatable bonds is 9. The summed E-state index contributed by atoms with van der Waals surface area (Å²) < 4.78 is 0. The van der Waals surface area contributed by atoms with E-state index in [0.29, 0.717) is 17.9 Å². The van der Waals surface area contributed by atoms with E-state index in [1.165, 1.54) is 0 Å². The highest BCUT2D eigenvalue weighted by Gasteiger charge is 2.26. The lowest BCUT2D eigenvalue weighted by Crippen LogP contribution is -2.50. The van der Waals surface area contributed by atoms with Crippen LogP contribution < -0.4 is 16.4 Å². The first-order chi connectivity index (χ1) is 16.5. The monoisotopic (exact) mass is 455 g/mol. The molecule has 8 nitrogen and oxygen atoms in total. The number of carbonyl (C=O) groups excluding carboxylic acids is 2. The second-order valence-corrected chi connectivity index (χ2v) is 7.91. The molecule has 172 valence electrons. The van der Waals surface area contributed by atoms with Crippen molar-refractivity contribution in [1.29, 1.82) is 0 Å². The van der Waals surface area contributed by atoms with E-state index >= 15 is 0 Å². The average Bonchev–Trinajstić information content (AvgIpc) is 2.87. The topological polar surface area (TPSA) is 130 Å². The molecule has 0 radical (unpaired) electrons. The van der Waals surface area contributed by atoms with Crippen molar-refractivity contribution in [3.8, 4) is 0 Å². The summed E-state index contributed by atoms with van der Waals surface area (Å²) in [6.45, 7) is 0.506. The third kappa shape index (κ3) is 5.73. The summed E-state index contributed by atoms with van der Waals surface area (Å²) in [5.74, 6) is -0.634. The summed E-state index contributed by atoms with van der Waals surface area (Å²) >= 11 is 0. The zero-order valence-electron chi connectivity index (χ0n) is 18.4. The van der Waals surface area contributed by atoms with Crippen LogP contribution in [-0.4, -0.2) is 39.0 Å². The normalized spacial score (nSPS) is 12.6. The van der Waals surface area contributed by atoms with Crippen LogP contribution in [0.5, 0.6) is 0 Å². The maximum absolute atomic E-state index is 12.8. The molecular weight excluding hydrogens is 430 g/mol. The Morgan fingerprint density at radius 3 is 2.26 bits per heavy atom. The van der Waals surface area contributed by atoms with E-state index in [0.717, 1.165) is 22.2 Å². The number of primary amides is 1. The maximum atomic E-state index is 12.8. The molecule has 0 saturated carbocycles. The molecule has 2 atom stereocenters. The van der Waals surface area contributed by atoms with Gasteiger partial charge < -0.3 is 21.5 Å². The predicted molar refractivity (Wildman–Crippen MR) is 130 cm³/mol. The van der Waals surface area contributed by atoms with Crippen LogP contribution >= 0.6 is 0 Å². The first-order valence-corrected chi connectivity index (χ1v) is 10.9. The van der Waals surface area contributed by atoms with Gasteiger partial charge in [0, 0.05) is 12.1 Å². The highest BCUT2D eigenvalue weighted by molar-refractivity contribution is 5.95. The van der Waals surface area contributed by atoms with Gasteiger partial charge in [-0.25, -0.2) is 4.98 Å². The Balaban J connectivity index is 1.39. The summed E-state index contributed by atoms with van der Waals surface area (Å²) in [5, 5.41) is 16.2. The highest BCUT2D eigenvalue weighted by atomic mass is 16.3. The molecule has 5 N–H and O–H groups in total. The van der Waals surface area contributed by atoms with Crippen molar-refractivity contribution in [2.75, 3.05) is 5.32 Å². The van der Waals surface area contributed by atoms with Crippen molar-refractivity contribution in [2.45, 2.75) is 25.1 Å². The molecule has 4 aromatic rings. The van der Waals surface area contributed by atoms with E-state index in [4.69, 9.17) is 5.73 Å². The lowest BCUT2D eigenvalue weighted by Gasteiger charge is -2.22. The Morgan fingerprint density at radius 1 is 0.882 bits per heavy atom. The minimum Gasteiger partial charge on any atom is -0.381 e. The van der Waals surface area contributed by atoms with Gasteiger partial charge in [0.2, 0.25) is 5.91 Å². The van der Waals surface area contributed by atoms with Crippen LogP contribution in [0.4, 0.5) is 5.82 Å². The van der Waals surface area contributed by atoms with Crippen molar-refractivity contribution in [1.82, 2.24) is 15.3 Å². The van der Waals surface area contributed by atoms with E-state index in [9.17, 15) is 14.7 Å². The summed E-state index contributed by atoms with van der Waals surface area (Å²) in [7, 11) is 0. The number of nitrogens with zero attached hydrogens (tertiary/aromatic N) is 2. The average molecular weight is 456 g/mol. The second-order valence-electron chi connectivity index (χ2n) is 7.91. The van der Waals surface area contributed by atoms with E-state index in [1.54, 1.807) is 18.3 Å². The van der Waals surface area contributed by atoms with Gasteiger partial charge in [-0.3, -0.25) is 14.6 Å². The van der Waals surface area contributed by atoms with E-state index in [2.05, 4.69) is 20.6 Å². The second kappa shape index (κ2) is 10.5. The molecule has 34 heavy (non-hydrogen) atoms. The molecule has 1 unspecified atom stereocenters. The largest absolute Gasteiger partial charge is 0.381 e. The van der Waals surface area contributed by atoms with Gasteiger partial charge in [0.25, 0.3) is 5.91 Å². The molecule has 4 rings (SSSR count). The smallest absolute Gasteiger partial charge is 0.251 e. The molecule has 0 bridgehead atoms. The molecule has 2 amide bonds. The molecule has 0 fully saturated rings. The number of para-hydroxylation sites is 2. The fourth-order valence-corrected chi connectivity index (χ4v) is 3.57. The first kappa shape index (κ1) is 22.9. The number of hydrogen-bond donors (Lipinski definition) is 4. The fourth-order valence-electron chi connectivity index (χ4n) is 3.57. The van der Waals surface area contributed by atoms with Crippen molar-refractivity contribution in [3.63, 3.8) is 0 Å². The predicted octanol–water partition coefficient (Wildman–Crippen LogP) is 2.43. The number of benzene rings is 3. The standard InChI is InChI=1S/C26H25N5O3/c27-25(33)24(32)22(14-17-6-2-1-3-7-17)31-26(34)19-12-10-18(11-13-19)15-29-23-16-28-20-8-4-5-9-21(20)30-23/h1-13,16,22,24,32H,14-15H2,(H2,27,33)(H,29,30)(H,31,34)/t22?,24-/m0/s1. The van der Waals surface area contributed by atoms with Crippen molar-refractivity contribution in [2.24, 2.45) is 5.73 Å². The molecular formula is C26H25N5O3. The van der Waals surface area contributed by atoms with Crippen LogP contribution in [0.25, 0.3) is 11.0 Å². The van der Waals surface area contributed by atoms with E-state index < -0.39 is 24.0 Å². The molecule has 8 heteroatoms. The van der Waals surface area contributed by atoms with Gasteiger partial charge in [0.1, 0.15) is 5.82 Å². The van der Waals surface area contributed by atoms with E-state index in [-0.39, 0.29) is 6.42 Å². The maximum Gasteiger partial charge on any atom is 0.251 e. The summed E-state index contributed by atoms with van der Waals surface area (Å²) in [5.41, 5.74) is 9.14. The Kier molecular flexibility index (Phi) is 7.10. The van der Waals surface area contributed by atoms with Crippen LogP contribution in [-0.2, 0) is 17.8 Å². The molecule has 0 aliphatic rings. The van der Waals surface area contributed by atoms with Gasteiger partial charge >= 0.3 is 0 Å². The first-order valence-electron chi connectivity index (χ1n) is 10.9. The van der Waals surface area contributed by atoms with Gasteiger partial charge in [0.15, 0.2) is 6.10 Å². The van der Waals surface area contributed by atoms with Crippen LogP contribution in [0.1, 0.15) is 21.5 Å². The third-order valence-corrected chi connectivity index (χ3v) is 5.43. The minimum absolute atomic E-state index is 0.269. The van der Waals surface area contributed by atoms with Crippen molar-refractivity contribution < 1.29 is 14.7 Å². The molecule has 0 aliphatic heterocycles. The number of aliphatic hydroxyl groups excluding tert-OH is 1. The van der Waals surface area contributed by atoms with Gasteiger partial charge in [-0.15, -0.1) is 0 Å². The number of hydrogen-bond acceptors (Lipinski definition) is 6.